The van der Waals surface area contributed by atoms with Crippen LogP contribution < -0.4 is 9.62 Å². The fourth-order valence-corrected chi connectivity index (χ4v) is 4.53. The van der Waals surface area contributed by atoms with E-state index < -0.39 is 10.0 Å². The van der Waals surface area contributed by atoms with Crippen LogP contribution in [-0.2, 0) is 14.8 Å². The Hall–Kier alpha value is -2.34. The summed E-state index contributed by atoms with van der Waals surface area (Å²) in [5, 5.41) is 2.85. The van der Waals surface area contributed by atoms with Crippen LogP contribution in [0.1, 0.15) is 12.8 Å². The summed E-state index contributed by atoms with van der Waals surface area (Å²) in [6.07, 6.45) is 1.94. The molecule has 1 amide bonds. The van der Waals surface area contributed by atoms with Crippen molar-refractivity contribution in [1.82, 2.24) is 5.32 Å². The predicted molar refractivity (Wildman–Crippen MR) is 87.6 cm³/mol. The van der Waals surface area contributed by atoms with Crippen LogP contribution in [0.15, 0.2) is 53.4 Å². The van der Waals surface area contributed by atoms with Crippen molar-refractivity contribution in [2.45, 2.75) is 23.8 Å². The molecule has 23 heavy (non-hydrogen) atoms. The molecule has 1 saturated carbocycles. The molecule has 1 fully saturated rings. The van der Waals surface area contributed by atoms with Gasteiger partial charge < -0.3 is 5.32 Å². The largest absolute Gasteiger partial charge is 0.352 e. The van der Waals surface area contributed by atoms with E-state index in [0.29, 0.717) is 11.3 Å². The van der Waals surface area contributed by atoms with Crippen LogP contribution in [0.3, 0.4) is 0 Å². The topological polar surface area (TPSA) is 66.5 Å². The summed E-state index contributed by atoms with van der Waals surface area (Å²) in [6.45, 7) is -0.190. The number of benzene rings is 2. The van der Waals surface area contributed by atoms with Gasteiger partial charge in [-0.25, -0.2) is 8.42 Å². The molecule has 1 N–H and O–H groups in total. The molecule has 0 spiro atoms. The van der Waals surface area contributed by atoms with Gasteiger partial charge in [0.25, 0.3) is 10.0 Å². The highest BCUT2D eigenvalue weighted by molar-refractivity contribution is 7.93. The molecule has 2 aromatic carbocycles. The van der Waals surface area contributed by atoms with E-state index in [-0.39, 0.29) is 23.4 Å². The predicted octanol–water partition coefficient (Wildman–Crippen LogP) is 2.14. The van der Waals surface area contributed by atoms with Crippen LogP contribution >= 0.6 is 0 Å². The molecule has 1 heterocycles. The molecule has 2 aromatic rings. The number of hydrogen-bond donors (Lipinski definition) is 1. The quantitative estimate of drug-likeness (QED) is 0.939. The maximum absolute atomic E-state index is 12.9. The van der Waals surface area contributed by atoms with Crippen LogP contribution in [0.5, 0.6) is 0 Å². The fraction of sp³-hybridized carbons (Fsp3) is 0.235. The van der Waals surface area contributed by atoms with E-state index in [9.17, 15) is 13.2 Å². The lowest BCUT2D eigenvalue weighted by Gasteiger charge is -2.31. The number of sulfonamides is 1. The molecule has 1 aliphatic heterocycles. The summed E-state index contributed by atoms with van der Waals surface area (Å²) in [4.78, 5) is 12.4. The number of amides is 1. The molecular weight excluding hydrogens is 312 g/mol. The molecule has 0 unspecified atom stereocenters. The second-order valence-electron chi connectivity index (χ2n) is 5.87. The first kappa shape index (κ1) is 14.3. The number of carbonyl (C=O) groups is 1. The van der Waals surface area contributed by atoms with Gasteiger partial charge in [-0.1, -0.05) is 36.4 Å². The van der Waals surface area contributed by atoms with Gasteiger partial charge in [0.1, 0.15) is 6.54 Å². The smallest absolute Gasteiger partial charge is 0.265 e. The molecular formula is C17H16N2O3S. The Morgan fingerprint density at radius 3 is 2.43 bits per heavy atom. The molecule has 0 atom stereocenters. The summed E-state index contributed by atoms with van der Waals surface area (Å²) in [5.41, 5.74) is 2.07. The number of nitrogens with zero attached hydrogens (tertiary/aromatic N) is 1. The Bertz CT molecular complexity index is 888. The van der Waals surface area contributed by atoms with E-state index in [1.165, 1.54) is 4.31 Å². The average molecular weight is 328 g/mol. The number of nitrogens with one attached hydrogen (secondary N) is 1. The summed E-state index contributed by atoms with van der Waals surface area (Å²) >= 11 is 0. The first-order valence-electron chi connectivity index (χ1n) is 7.58. The molecule has 2 aliphatic rings. The number of hydrogen-bond acceptors (Lipinski definition) is 3. The molecule has 0 radical (unpaired) electrons. The van der Waals surface area contributed by atoms with E-state index >= 15 is 0 Å². The minimum Gasteiger partial charge on any atom is -0.352 e. The van der Waals surface area contributed by atoms with Crippen molar-refractivity contribution in [3.05, 3.63) is 48.5 Å². The lowest BCUT2D eigenvalue weighted by Crippen LogP contribution is -2.43. The minimum absolute atomic E-state index is 0.190. The number of fused-ring (bicyclic) bond motifs is 3. The van der Waals surface area contributed by atoms with Gasteiger partial charge in [0, 0.05) is 17.2 Å². The van der Waals surface area contributed by atoms with Crippen LogP contribution in [0.25, 0.3) is 11.1 Å². The molecule has 118 valence electrons. The van der Waals surface area contributed by atoms with Crippen molar-refractivity contribution < 1.29 is 13.2 Å². The van der Waals surface area contributed by atoms with Gasteiger partial charge in [-0.2, -0.15) is 0 Å². The summed E-state index contributed by atoms with van der Waals surface area (Å²) in [7, 11) is -3.73. The first-order chi connectivity index (χ1) is 11.1. The average Bonchev–Trinajstić information content (AvgIpc) is 3.35. The van der Waals surface area contributed by atoms with Crippen LogP contribution in [0.2, 0.25) is 0 Å². The SMILES string of the molecule is O=C(CN1c2ccccc2-c2ccccc2S1(=O)=O)NC1CC1. The van der Waals surface area contributed by atoms with E-state index in [1.54, 1.807) is 30.3 Å². The Morgan fingerprint density at radius 1 is 1.04 bits per heavy atom. The number of carbonyl (C=O) groups excluding carboxylic acids is 1. The normalized spacial score (nSPS) is 18.0. The van der Waals surface area contributed by atoms with Gasteiger partial charge in [0.15, 0.2) is 0 Å². The highest BCUT2D eigenvalue weighted by atomic mass is 32.2. The van der Waals surface area contributed by atoms with E-state index in [1.807, 2.05) is 18.2 Å². The van der Waals surface area contributed by atoms with Crippen LogP contribution in [-0.4, -0.2) is 26.9 Å². The van der Waals surface area contributed by atoms with E-state index in [4.69, 9.17) is 0 Å². The maximum Gasteiger partial charge on any atom is 0.265 e. The maximum atomic E-state index is 12.9. The highest BCUT2D eigenvalue weighted by Gasteiger charge is 2.36. The van der Waals surface area contributed by atoms with Crippen molar-refractivity contribution in [1.29, 1.82) is 0 Å². The molecule has 4 rings (SSSR count). The van der Waals surface area contributed by atoms with Crippen molar-refractivity contribution in [2.24, 2.45) is 0 Å². The summed E-state index contributed by atoms with van der Waals surface area (Å²) in [5.74, 6) is -0.259. The first-order valence-corrected chi connectivity index (χ1v) is 9.02. The second kappa shape index (κ2) is 5.09. The van der Waals surface area contributed by atoms with Crippen molar-refractivity contribution >= 4 is 21.6 Å². The Morgan fingerprint density at radius 2 is 1.70 bits per heavy atom. The van der Waals surface area contributed by atoms with Gasteiger partial charge in [0.05, 0.1) is 10.6 Å². The van der Waals surface area contributed by atoms with Gasteiger partial charge in [-0.3, -0.25) is 9.10 Å². The van der Waals surface area contributed by atoms with E-state index in [2.05, 4.69) is 5.32 Å². The number of rotatable bonds is 3. The van der Waals surface area contributed by atoms with Gasteiger partial charge in [0.2, 0.25) is 5.91 Å². The van der Waals surface area contributed by atoms with Crippen molar-refractivity contribution in [2.75, 3.05) is 10.8 Å². The zero-order valence-corrected chi connectivity index (χ0v) is 13.2. The second-order valence-corrected chi connectivity index (χ2v) is 7.70. The molecule has 6 heteroatoms. The fourth-order valence-electron chi connectivity index (χ4n) is 2.88. The van der Waals surface area contributed by atoms with Crippen LogP contribution in [0.4, 0.5) is 5.69 Å². The standard InChI is InChI=1S/C17H16N2O3S/c20-17(18-12-9-10-12)11-19-15-7-3-1-5-13(15)14-6-2-4-8-16(14)23(19,21)22/h1-8,12H,9-11H2,(H,18,20). The third-order valence-corrected chi connectivity index (χ3v) is 5.97. The molecule has 1 aliphatic carbocycles. The molecule has 5 nitrogen and oxygen atoms in total. The summed E-state index contributed by atoms with van der Waals surface area (Å²) < 4.78 is 27.1. The summed E-state index contributed by atoms with van der Waals surface area (Å²) in [6, 6.07) is 14.4. The van der Waals surface area contributed by atoms with Crippen molar-refractivity contribution in [3.8, 4) is 11.1 Å². The lowest BCUT2D eigenvalue weighted by molar-refractivity contribution is -0.119. The minimum atomic E-state index is -3.73. The van der Waals surface area contributed by atoms with E-state index in [0.717, 1.165) is 18.4 Å². The third kappa shape index (κ3) is 2.39. The lowest BCUT2D eigenvalue weighted by atomic mass is 10.0. The van der Waals surface area contributed by atoms with Gasteiger partial charge in [-0.15, -0.1) is 0 Å². The monoisotopic (exact) mass is 328 g/mol. The Kier molecular flexibility index (Phi) is 3.16. The van der Waals surface area contributed by atoms with Crippen LogP contribution in [0, 0.1) is 0 Å². The zero-order valence-electron chi connectivity index (χ0n) is 12.4. The zero-order chi connectivity index (χ0) is 16.0. The van der Waals surface area contributed by atoms with Gasteiger partial charge in [-0.05, 0) is 25.0 Å². The number of para-hydroxylation sites is 1. The molecule has 0 bridgehead atoms. The van der Waals surface area contributed by atoms with Gasteiger partial charge >= 0.3 is 0 Å². The molecule has 0 aromatic heterocycles. The Balaban J connectivity index is 1.81. The highest BCUT2D eigenvalue weighted by Crippen LogP contribution is 2.42. The molecule has 0 saturated heterocycles. The Labute approximate surface area is 135 Å². The number of anilines is 1. The third-order valence-electron chi connectivity index (χ3n) is 4.15. The van der Waals surface area contributed by atoms with Crippen molar-refractivity contribution in [3.63, 3.8) is 0 Å².